The Kier molecular flexibility index (Phi) is 7.11. The number of likely N-dealkylation sites (tertiary alicyclic amines) is 2. The van der Waals surface area contributed by atoms with E-state index in [1.807, 2.05) is 18.7 Å². The average Bonchev–Trinajstić information content (AvgIpc) is 3.50. The number of piperidine rings is 1. The van der Waals surface area contributed by atoms with Gasteiger partial charge in [0.2, 0.25) is 11.8 Å². The van der Waals surface area contributed by atoms with E-state index in [1.165, 1.54) is 9.08 Å². The maximum absolute atomic E-state index is 13.5. The summed E-state index contributed by atoms with van der Waals surface area (Å²) in [4.78, 5) is 44.4. The van der Waals surface area contributed by atoms with Crippen LogP contribution >= 0.6 is 0 Å². The zero-order chi connectivity index (χ0) is 27.2. The van der Waals surface area contributed by atoms with Crippen molar-refractivity contribution in [2.24, 2.45) is 5.92 Å². The van der Waals surface area contributed by atoms with Crippen molar-refractivity contribution in [1.29, 1.82) is 0 Å². The number of nitrogens with zero attached hydrogens (tertiary/aromatic N) is 5. The molecule has 0 bridgehead atoms. The summed E-state index contributed by atoms with van der Waals surface area (Å²) >= 11 is 0. The Bertz CT molecular complexity index is 1330. The molecule has 0 radical (unpaired) electrons. The number of hydrogen-bond donors (Lipinski definition) is 2. The van der Waals surface area contributed by atoms with Gasteiger partial charge in [0.25, 0.3) is 11.5 Å². The van der Waals surface area contributed by atoms with Gasteiger partial charge in [0, 0.05) is 49.4 Å². The third-order valence-corrected chi connectivity index (χ3v) is 8.40. The molecule has 38 heavy (non-hydrogen) atoms. The third-order valence-electron chi connectivity index (χ3n) is 8.40. The molecule has 0 unspecified atom stereocenters. The van der Waals surface area contributed by atoms with Gasteiger partial charge in [-0.2, -0.15) is 9.61 Å². The highest BCUT2D eigenvalue weighted by molar-refractivity contribution is 5.97. The van der Waals surface area contributed by atoms with Crippen LogP contribution in [0.4, 0.5) is 0 Å². The van der Waals surface area contributed by atoms with Crippen LogP contribution in [0.3, 0.4) is 0 Å². The number of rotatable bonds is 7. The van der Waals surface area contributed by atoms with E-state index in [0.29, 0.717) is 23.4 Å². The average molecular weight is 525 g/mol. The van der Waals surface area contributed by atoms with Crippen LogP contribution in [0.1, 0.15) is 80.9 Å². The topological polar surface area (TPSA) is 112 Å². The van der Waals surface area contributed by atoms with Crippen molar-refractivity contribution in [3.05, 3.63) is 33.3 Å². The lowest BCUT2D eigenvalue weighted by molar-refractivity contribution is -0.131. The minimum atomic E-state index is -0.580. The van der Waals surface area contributed by atoms with Crippen LogP contribution in [0, 0.1) is 12.8 Å². The maximum atomic E-state index is 13.5. The van der Waals surface area contributed by atoms with Crippen LogP contribution in [-0.4, -0.2) is 78.7 Å². The number of fused-ring (bicyclic) bond motifs is 1. The molecule has 206 valence electrons. The molecule has 5 rings (SSSR count). The number of hydrogen-bond acceptors (Lipinski definition) is 6. The molecule has 2 aromatic heterocycles. The predicted molar refractivity (Wildman–Crippen MR) is 145 cm³/mol. The Balaban J connectivity index is 1.51. The predicted octanol–water partition coefficient (Wildman–Crippen LogP) is 2.55. The highest BCUT2D eigenvalue weighted by atomic mass is 16.3. The Morgan fingerprint density at radius 1 is 1.18 bits per heavy atom. The first-order chi connectivity index (χ1) is 18.1. The molecule has 1 saturated carbocycles. The third kappa shape index (κ3) is 4.74. The lowest BCUT2D eigenvalue weighted by Gasteiger charge is -2.44. The lowest BCUT2D eigenvalue weighted by atomic mass is 9.85. The Morgan fingerprint density at radius 2 is 1.89 bits per heavy atom. The van der Waals surface area contributed by atoms with Crippen molar-refractivity contribution in [1.82, 2.24) is 29.3 Å². The number of aromatic hydroxyl groups is 1. The van der Waals surface area contributed by atoms with Crippen molar-refractivity contribution in [3.8, 4) is 5.88 Å². The summed E-state index contributed by atoms with van der Waals surface area (Å²) in [5, 5.41) is 18.3. The van der Waals surface area contributed by atoms with Crippen molar-refractivity contribution in [2.45, 2.75) is 84.3 Å². The lowest BCUT2D eigenvalue weighted by Crippen LogP contribution is -2.53. The van der Waals surface area contributed by atoms with Gasteiger partial charge in [0.15, 0.2) is 5.56 Å². The molecular formula is C28H40N6O4. The van der Waals surface area contributed by atoms with E-state index in [4.69, 9.17) is 0 Å². The van der Waals surface area contributed by atoms with Crippen LogP contribution in [-0.2, 0) is 11.3 Å². The summed E-state index contributed by atoms with van der Waals surface area (Å²) in [6.07, 6.45) is 9.06. The molecule has 2 N–H and O–H groups in total. The fourth-order valence-electron chi connectivity index (χ4n) is 6.11. The fourth-order valence-corrected chi connectivity index (χ4v) is 6.11. The molecule has 1 aliphatic carbocycles. The summed E-state index contributed by atoms with van der Waals surface area (Å²) in [6, 6.07) is 0.0440. The molecule has 2 aliphatic heterocycles. The Hall–Kier alpha value is -3.14. The van der Waals surface area contributed by atoms with Crippen LogP contribution in [0.15, 0.2) is 10.9 Å². The van der Waals surface area contributed by atoms with E-state index in [9.17, 15) is 19.5 Å². The van der Waals surface area contributed by atoms with Gasteiger partial charge in [-0.3, -0.25) is 19.0 Å². The van der Waals surface area contributed by atoms with E-state index >= 15 is 0 Å². The molecule has 3 fully saturated rings. The van der Waals surface area contributed by atoms with Gasteiger partial charge in [-0.05, 0) is 64.0 Å². The van der Waals surface area contributed by atoms with Gasteiger partial charge in [-0.1, -0.05) is 20.8 Å². The Labute approximate surface area is 223 Å². The quantitative estimate of drug-likeness (QED) is 0.539. The molecule has 0 aromatic carbocycles. The molecule has 1 spiro atoms. The first-order valence-electron chi connectivity index (χ1n) is 14.0. The second kappa shape index (κ2) is 10.2. The van der Waals surface area contributed by atoms with Gasteiger partial charge in [0.1, 0.15) is 5.65 Å². The summed E-state index contributed by atoms with van der Waals surface area (Å²) in [5.74, 6) is -0.984. The number of amides is 2. The van der Waals surface area contributed by atoms with Gasteiger partial charge < -0.3 is 20.2 Å². The van der Waals surface area contributed by atoms with Gasteiger partial charge in [-0.25, -0.2) is 0 Å². The molecule has 2 saturated heterocycles. The molecule has 10 nitrogen and oxygen atoms in total. The van der Waals surface area contributed by atoms with Crippen LogP contribution in [0.2, 0.25) is 0 Å². The van der Waals surface area contributed by atoms with E-state index in [0.717, 1.165) is 64.7 Å². The largest absolute Gasteiger partial charge is 0.492 e. The second-order valence-corrected chi connectivity index (χ2v) is 11.6. The Morgan fingerprint density at radius 3 is 2.53 bits per heavy atom. The second-order valence-electron chi connectivity index (χ2n) is 11.6. The number of nitrogens with one attached hydrogen (secondary N) is 1. The normalized spacial score (nSPS) is 19.9. The summed E-state index contributed by atoms with van der Waals surface area (Å²) in [7, 11) is 0. The van der Waals surface area contributed by atoms with Gasteiger partial charge in [0.05, 0.1) is 5.69 Å². The molecular weight excluding hydrogens is 484 g/mol. The van der Waals surface area contributed by atoms with Crippen molar-refractivity contribution >= 4 is 23.5 Å². The molecule has 2 amide bonds. The fraction of sp³-hybridized carbons (Fsp3) is 0.643. The van der Waals surface area contributed by atoms with Crippen molar-refractivity contribution < 1.29 is 14.7 Å². The van der Waals surface area contributed by atoms with E-state index in [-0.39, 0.29) is 29.0 Å². The minimum absolute atomic E-state index is 0.0337. The standard InChI is InChI=1S/C28H40N6O4/c1-5-31-15-12-28(13-16-31)11-6-14-33(28)22(35)10-9-21-19(4)30-34-25(21)32(17-18(2)3)26(37)23(27(34)38)24(36)29-20-7-8-20/h9-10,18,20,38H,5-8,11-17H2,1-4H3,(H,29,36)/b10-9+. The summed E-state index contributed by atoms with van der Waals surface area (Å²) in [6.45, 7) is 12.1. The first-order valence-corrected chi connectivity index (χ1v) is 14.0. The highest BCUT2D eigenvalue weighted by Crippen LogP contribution is 2.38. The number of carbonyl (C=O) groups excluding carboxylic acids is 2. The highest BCUT2D eigenvalue weighted by Gasteiger charge is 2.44. The summed E-state index contributed by atoms with van der Waals surface area (Å²) in [5.41, 5.74) is 0.618. The maximum Gasteiger partial charge on any atom is 0.270 e. The first kappa shape index (κ1) is 26.5. The molecule has 10 heteroatoms. The van der Waals surface area contributed by atoms with E-state index in [2.05, 4.69) is 22.2 Å². The van der Waals surface area contributed by atoms with E-state index in [1.54, 1.807) is 19.1 Å². The monoisotopic (exact) mass is 524 g/mol. The number of aryl methyl sites for hydroxylation is 1. The molecule has 2 aromatic rings. The van der Waals surface area contributed by atoms with Crippen LogP contribution in [0.5, 0.6) is 5.88 Å². The van der Waals surface area contributed by atoms with Crippen molar-refractivity contribution in [2.75, 3.05) is 26.2 Å². The van der Waals surface area contributed by atoms with Crippen molar-refractivity contribution in [3.63, 3.8) is 0 Å². The van der Waals surface area contributed by atoms with Crippen LogP contribution in [0.25, 0.3) is 11.7 Å². The number of aromatic nitrogens is 3. The number of carbonyl (C=O) groups is 2. The minimum Gasteiger partial charge on any atom is -0.492 e. The smallest absolute Gasteiger partial charge is 0.270 e. The zero-order valence-corrected chi connectivity index (χ0v) is 23.0. The van der Waals surface area contributed by atoms with Gasteiger partial charge in [-0.15, -0.1) is 0 Å². The molecule has 4 heterocycles. The SMILES string of the molecule is CCN1CCC2(CCCN2C(=O)/C=C/c2c(C)nn3c(O)c(C(=O)NC4CC4)c(=O)n(CC(C)C)c23)CC1. The summed E-state index contributed by atoms with van der Waals surface area (Å²) < 4.78 is 2.77. The van der Waals surface area contributed by atoms with E-state index < -0.39 is 17.3 Å². The zero-order valence-electron chi connectivity index (χ0n) is 23.0. The van der Waals surface area contributed by atoms with Gasteiger partial charge >= 0.3 is 0 Å². The molecule has 3 aliphatic rings. The van der Waals surface area contributed by atoms with Crippen LogP contribution < -0.4 is 10.9 Å². The molecule has 0 atom stereocenters.